The van der Waals surface area contributed by atoms with Crippen LogP contribution in [0.3, 0.4) is 0 Å². The molecule has 4 nitrogen and oxygen atoms in total. The lowest BCUT2D eigenvalue weighted by Gasteiger charge is -2.04. The van der Waals surface area contributed by atoms with E-state index in [2.05, 4.69) is 5.48 Å². The summed E-state index contributed by atoms with van der Waals surface area (Å²) in [5.74, 6) is -0.0958. The van der Waals surface area contributed by atoms with Crippen LogP contribution in [-0.4, -0.2) is 5.91 Å². The molecule has 1 aromatic heterocycles. The molecule has 88 valence electrons. The van der Waals surface area contributed by atoms with Crippen LogP contribution in [0.4, 0.5) is 0 Å². The van der Waals surface area contributed by atoms with Crippen molar-refractivity contribution in [3.63, 3.8) is 0 Å². The molecule has 0 aliphatic carbocycles. The second-order valence-electron chi connectivity index (χ2n) is 3.64. The molecule has 0 fully saturated rings. The van der Waals surface area contributed by atoms with E-state index in [1.807, 2.05) is 30.3 Å². The monoisotopic (exact) mass is 231 g/mol. The Bertz CT molecular complexity index is 490. The Morgan fingerprint density at radius 1 is 1.29 bits per heavy atom. The predicted molar refractivity (Wildman–Crippen MR) is 62.1 cm³/mol. The zero-order valence-electron chi connectivity index (χ0n) is 9.47. The zero-order valence-corrected chi connectivity index (χ0v) is 9.47. The van der Waals surface area contributed by atoms with Gasteiger partial charge in [-0.25, -0.2) is 5.48 Å². The van der Waals surface area contributed by atoms with E-state index in [9.17, 15) is 4.79 Å². The maximum atomic E-state index is 11.6. The number of aryl methyl sites for hydroxylation is 1. The molecular weight excluding hydrogens is 218 g/mol. The van der Waals surface area contributed by atoms with Gasteiger partial charge in [-0.1, -0.05) is 30.3 Å². The lowest BCUT2D eigenvalue weighted by atomic mass is 10.2. The number of hydroxylamine groups is 1. The molecule has 1 aromatic carbocycles. The van der Waals surface area contributed by atoms with Crippen molar-refractivity contribution in [2.75, 3.05) is 0 Å². The molecule has 2 rings (SSSR count). The van der Waals surface area contributed by atoms with Crippen molar-refractivity contribution < 1.29 is 14.0 Å². The Morgan fingerprint density at radius 2 is 2.06 bits per heavy atom. The van der Waals surface area contributed by atoms with Gasteiger partial charge in [0, 0.05) is 5.56 Å². The molecule has 2 aromatic rings. The van der Waals surface area contributed by atoms with Crippen molar-refractivity contribution in [3.8, 4) is 0 Å². The van der Waals surface area contributed by atoms with Crippen LogP contribution in [0.2, 0.25) is 0 Å². The summed E-state index contributed by atoms with van der Waals surface area (Å²) in [4.78, 5) is 16.7. The van der Waals surface area contributed by atoms with Crippen LogP contribution in [-0.2, 0) is 11.4 Å². The van der Waals surface area contributed by atoms with Gasteiger partial charge in [-0.3, -0.25) is 9.63 Å². The highest BCUT2D eigenvalue weighted by molar-refractivity contribution is 5.91. The van der Waals surface area contributed by atoms with Gasteiger partial charge in [-0.15, -0.1) is 0 Å². The lowest BCUT2D eigenvalue weighted by molar-refractivity contribution is 0.0211. The van der Waals surface area contributed by atoms with Crippen molar-refractivity contribution in [1.82, 2.24) is 5.48 Å². The number of hydrogen-bond acceptors (Lipinski definition) is 3. The molecule has 4 heteroatoms. The summed E-state index contributed by atoms with van der Waals surface area (Å²) in [6.45, 7) is 2.13. The van der Waals surface area contributed by atoms with Gasteiger partial charge in [-0.05, 0) is 18.6 Å². The first-order chi connectivity index (χ1) is 8.27. The summed E-state index contributed by atoms with van der Waals surface area (Å²) < 4.78 is 5.04. The highest BCUT2D eigenvalue weighted by Crippen LogP contribution is 2.08. The topological polar surface area (TPSA) is 51.5 Å². The normalized spacial score (nSPS) is 10.2. The predicted octanol–water partition coefficient (Wildman–Crippen LogP) is 2.45. The third kappa shape index (κ3) is 2.95. The van der Waals surface area contributed by atoms with Crippen LogP contribution in [0, 0.1) is 6.92 Å². The average molecular weight is 231 g/mol. The summed E-state index contributed by atoms with van der Waals surface area (Å²) in [5.41, 5.74) is 4.11. The molecule has 17 heavy (non-hydrogen) atoms. The molecule has 0 saturated carbocycles. The Hall–Kier alpha value is -2.07. The van der Waals surface area contributed by atoms with Crippen LogP contribution in [0.15, 0.2) is 47.1 Å². The SMILES string of the molecule is Cc1ccoc1C(=O)NOCc1ccccc1. The second kappa shape index (κ2) is 5.32. The second-order valence-corrected chi connectivity index (χ2v) is 3.64. The first-order valence-electron chi connectivity index (χ1n) is 5.27. The van der Waals surface area contributed by atoms with Gasteiger partial charge in [0.05, 0.1) is 12.9 Å². The molecule has 1 N–H and O–H groups in total. The number of carbonyl (C=O) groups excluding carboxylic acids is 1. The third-order valence-electron chi connectivity index (χ3n) is 2.31. The molecule has 1 heterocycles. The summed E-state index contributed by atoms with van der Waals surface area (Å²) in [7, 11) is 0. The summed E-state index contributed by atoms with van der Waals surface area (Å²) >= 11 is 0. The van der Waals surface area contributed by atoms with Gasteiger partial charge >= 0.3 is 5.91 Å². The van der Waals surface area contributed by atoms with Gasteiger partial charge in [0.15, 0.2) is 5.76 Å². The number of hydrogen-bond donors (Lipinski definition) is 1. The first kappa shape index (κ1) is 11.4. The number of furan rings is 1. The molecule has 0 bridgehead atoms. The standard InChI is InChI=1S/C13H13NO3/c1-10-7-8-16-12(10)13(15)14-17-9-11-5-3-2-4-6-11/h2-8H,9H2,1H3,(H,14,15). The van der Waals surface area contributed by atoms with Crippen LogP contribution in [0.1, 0.15) is 21.7 Å². The van der Waals surface area contributed by atoms with Crippen molar-refractivity contribution >= 4 is 5.91 Å². The smallest absolute Gasteiger partial charge is 0.310 e. The average Bonchev–Trinajstić information content (AvgIpc) is 2.77. The highest BCUT2D eigenvalue weighted by Gasteiger charge is 2.11. The van der Waals surface area contributed by atoms with Crippen molar-refractivity contribution in [3.05, 3.63) is 59.5 Å². The molecule has 0 spiro atoms. The van der Waals surface area contributed by atoms with Gasteiger partial charge < -0.3 is 4.42 Å². The van der Waals surface area contributed by atoms with E-state index in [0.29, 0.717) is 6.61 Å². The molecule has 0 saturated heterocycles. The Morgan fingerprint density at radius 3 is 2.71 bits per heavy atom. The van der Waals surface area contributed by atoms with Crippen LogP contribution >= 0.6 is 0 Å². The number of carbonyl (C=O) groups is 1. The Labute approximate surface area is 99.2 Å². The van der Waals surface area contributed by atoms with Crippen LogP contribution in [0.25, 0.3) is 0 Å². The molecule has 0 aliphatic rings. The maximum absolute atomic E-state index is 11.6. The van der Waals surface area contributed by atoms with E-state index in [0.717, 1.165) is 11.1 Å². The van der Waals surface area contributed by atoms with Gasteiger partial charge in [0.25, 0.3) is 0 Å². The first-order valence-corrected chi connectivity index (χ1v) is 5.27. The maximum Gasteiger partial charge on any atom is 0.310 e. The van der Waals surface area contributed by atoms with E-state index < -0.39 is 0 Å². The Kier molecular flexibility index (Phi) is 3.57. The Balaban J connectivity index is 1.84. The van der Waals surface area contributed by atoms with E-state index in [1.165, 1.54) is 6.26 Å². The lowest BCUT2D eigenvalue weighted by Crippen LogP contribution is -2.23. The van der Waals surface area contributed by atoms with Crippen LogP contribution in [0.5, 0.6) is 0 Å². The number of nitrogens with one attached hydrogen (secondary N) is 1. The van der Waals surface area contributed by atoms with Crippen molar-refractivity contribution in [2.24, 2.45) is 0 Å². The third-order valence-corrected chi connectivity index (χ3v) is 2.31. The van der Waals surface area contributed by atoms with E-state index in [-0.39, 0.29) is 11.7 Å². The minimum atomic E-state index is -0.372. The van der Waals surface area contributed by atoms with E-state index in [4.69, 9.17) is 9.25 Å². The van der Waals surface area contributed by atoms with Crippen molar-refractivity contribution in [2.45, 2.75) is 13.5 Å². The number of amides is 1. The zero-order chi connectivity index (χ0) is 12.1. The number of benzene rings is 1. The molecule has 0 aliphatic heterocycles. The minimum absolute atomic E-state index is 0.276. The fourth-order valence-electron chi connectivity index (χ4n) is 1.41. The van der Waals surface area contributed by atoms with Crippen molar-refractivity contribution in [1.29, 1.82) is 0 Å². The van der Waals surface area contributed by atoms with E-state index in [1.54, 1.807) is 13.0 Å². The van der Waals surface area contributed by atoms with Gasteiger partial charge in [-0.2, -0.15) is 0 Å². The molecule has 1 amide bonds. The molecule has 0 radical (unpaired) electrons. The fourth-order valence-corrected chi connectivity index (χ4v) is 1.41. The number of rotatable bonds is 4. The van der Waals surface area contributed by atoms with Crippen LogP contribution < -0.4 is 5.48 Å². The summed E-state index contributed by atoms with van der Waals surface area (Å²) in [6, 6.07) is 11.3. The van der Waals surface area contributed by atoms with Gasteiger partial charge in [0.2, 0.25) is 0 Å². The largest absolute Gasteiger partial charge is 0.459 e. The van der Waals surface area contributed by atoms with Gasteiger partial charge in [0.1, 0.15) is 0 Å². The molecule has 0 unspecified atom stereocenters. The van der Waals surface area contributed by atoms with E-state index >= 15 is 0 Å². The summed E-state index contributed by atoms with van der Waals surface area (Å²) in [6.07, 6.45) is 1.47. The minimum Gasteiger partial charge on any atom is -0.459 e. The molecular formula is C13H13NO3. The fraction of sp³-hybridized carbons (Fsp3) is 0.154. The summed E-state index contributed by atoms with van der Waals surface area (Å²) in [5, 5.41) is 0. The quantitative estimate of drug-likeness (QED) is 0.822. The highest BCUT2D eigenvalue weighted by atomic mass is 16.7. The molecule has 0 atom stereocenters.